The highest BCUT2D eigenvalue weighted by Gasteiger charge is 2.55. The molecule has 2 amide bonds. The van der Waals surface area contributed by atoms with Crippen molar-refractivity contribution in [2.45, 2.75) is 64.9 Å². The Morgan fingerprint density at radius 1 is 1.50 bits per heavy atom. The third-order valence-corrected chi connectivity index (χ3v) is 4.06. The maximum atomic E-state index is 12.7. The summed E-state index contributed by atoms with van der Waals surface area (Å²) in [6.45, 7) is 9.24. The number of carbonyl (C=O) groups excluding carboxylic acids is 2. The van der Waals surface area contributed by atoms with E-state index >= 15 is 0 Å². The van der Waals surface area contributed by atoms with Crippen LogP contribution in [0.25, 0.3) is 0 Å². The average molecular weight is 279 g/mol. The third kappa shape index (κ3) is 2.01. The van der Waals surface area contributed by atoms with E-state index in [0.29, 0.717) is 6.42 Å². The van der Waals surface area contributed by atoms with Gasteiger partial charge in [0.1, 0.15) is 12.1 Å². The lowest BCUT2D eigenvalue weighted by molar-refractivity contribution is -0.197. The summed E-state index contributed by atoms with van der Waals surface area (Å²) in [6.07, 6.45) is 0.227. The van der Waals surface area contributed by atoms with Crippen molar-refractivity contribution in [2.75, 3.05) is 0 Å². The highest BCUT2D eigenvalue weighted by Crippen LogP contribution is 2.36. The van der Waals surface area contributed by atoms with Crippen molar-refractivity contribution in [1.29, 1.82) is 5.26 Å². The number of rotatable bonds is 3. The van der Waals surface area contributed by atoms with Crippen LogP contribution < -0.4 is 0 Å². The van der Waals surface area contributed by atoms with E-state index in [4.69, 9.17) is 10.00 Å². The molecule has 0 spiro atoms. The second-order valence-electron chi connectivity index (χ2n) is 6.35. The fourth-order valence-corrected chi connectivity index (χ4v) is 2.99. The quantitative estimate of drug-likeness (QED) is 0.788. The molecule has 2 rings (SSSR count). The number of nitriles is 1. The summed E-state index contributed by atoms with van der Waals surface area (Å²) in [5.41, 5.74) is -0.766. The first-order valence-corrected chi connectivity index (χ1v) is 6.94. The van der Waals surface area contributed by atoms with Crippen molar-refractivity contribution in [1.82, 2.24) is 9.80 Å². The number of likely N-dealkylation sites (tertiary alicyclic amines) is 1. The molecule has 6 heteroatoms. The van der Waals surface area contributed by atoms with Crippen molar-refractivity contribution < 1.29 is 14.3 Å². The van der Waals surface area contributed by atoms with E-state index in [9.17, 15) is 9.59 Å². The molecule has 0 aliphatic carbocycles. The zero-order valence-corrected chi connectivity index (χ0v) is 12.6. The molecule has 20 heavy (non-hydrogen) atoms. The van der Waals surface area contributed by atoms with Gasteiger partial charge in [0.05, 0.1) is 6.07 Å². The van der Waals surface area contributed by atoms with E-state index < -0.39 is 17.9 Å². The molecule has 0 aromatic heterocycles. The van der Waals surface area contributed by atoms with E-state index in [2.05, 4.69) is 6.07 Å². The van der Waals surface area contributed by atoms with E-state index in [1.165, 1.54) is 4.90 Å². The first-order valence-electron chi connectivity index (χ1n) is 6.94. The largest absolute Gasteiger partial charge is 0.423 e. The predicted molar refractivity (Wildman–Crippen MR) is 71.4 cm³/mol. The molecule has 2 fully saturated rings. The van der Waals surface area contributed by atoms with Crippen LogP contribution in [-0.2, 0) is 9.53 Å². The fraction of sp³-hybridized carbons (Fsp3) is 0.786. The van der Waals surface area contributed by atoms with Crippen LogP contribution in [0.4, 0.5) is 4.79 Å². The minimum absolute atomic E-state index is 0.0400. The summed E-state index contributed by atoms with van der Waals surface area (Å²) in [5, 5.41) is 9.06. The van der Waals surface area contributed by atoms with Crippen molar-refractivity contribution in [3.8, 4) is 6.07 Å². The summed E-state index contributed by atoms with van der Waals surface area (Å²) < 4.78 is 5.08. The molecule has 110 valence electrons. The molecule has 2 saturated heterocycles. The predicted octanol–water partition coefficient (Wildman–Crippen LogP) is 1.71. The summed E-state index contributed by atoms with van der Waals surface area (Å²) in [7, 11) is 0. The van der Waals surface area contributed by atoms with E-state index in [1.807, 2.05) is 20.8 Å². The number of carbonyl (C=O) groups is 2. The molecule has 0 N–H and O–H groups in total. The first-order chi connectivity index (χ1) is 9.20. The van der Waals surface area contributed by atoms with Crippen LogP contribution in [0.5, 0.6) is 0 Å². The Hall–Kier alpha value is -1.77. The minimum Gasteiger partial charge on any atom is -0.423 e. The molecule has 2 unspecified atom stereocenters. The van der Waals surface area contributed by atoms with Crippen LogP contribution in [-0.4, -0.2) is 45.7 Å². The van der Waals surface area contributed by atoms with Gasteiger partial charge in [-0.1, -0.05) is 13.8 Å². The van der Waals surface area contributed by atoms with Gasteiger partial charge in [0, 0.05) is 12.5 Å². The maximum Gasteiger partial charge on any atom is 0.415 e. The molecule has 0 aromatic rings. The number of hydrogen-bond donors (Lipinski definition) is 0. The van der Waals surface area contributed by atoms with Gasteiger partial charge in [0.15, 0.2) is 5.72 Å². The van der Waals surface area contributed by atoms with E-state index in [0.717, 1.165) is 0 Å². The zero-order chi connectivity index (χ0) is 15.2. The Kier molecular flexibility index (Phi) is 3.41. The second-order valence-corrected chi connectivity index (χ2v) is 6.35. The lowest BCUT2D eigenvalue weighted by atomic mass is 9.90. The Labute approximate surface area is 119 Å². The van der Waals surface area contributed by atoms with E-state index in [-0.39, 0.29) is 23.9 Å². The highest BCUT2D eigenvalue weighted by atomic mass is 16.6. The zero-order valence-electron chi connectivity index (χ0n) is 12.6. The van der Waals surface area contributed by atoms with Gasteiger partial charge in [-0.3, -0.25) is 9.69 Å². The Morgan fingerprint density at radius 2 is 2.10 bits per heavy atom. The van der Waals surface area contributed by atoms with Crippen molar-refractivity contribution in [3.05, 3.63) is 0 Å². The standard InChI is InChI=1S/C14H21N3O3/c1-8(2)11(17-13(19)20-14(17,4)5)12(18)16-9(3)6-10(16)7-15/h8-11H,6H2,1-5H3/t9?,10?,11-/m0/s1. The minimum atomic E-state index is -0.766. The van der Waals surface area contributed by atoms with Gasteiger partial charge in [0.2, 0.25) is 5.91 Å². The van der Waals surface area contributed by atoms with Crippen molar-refractivity contribution in [3.63, 3.8) is 0 Å². The highest BCUT2D eigenvalue weighted by molar-refractivity contribution is 5.89. The SMILES string of the molecule is CC(C)[C@@H](C(=O)N1C(C)CC1C#N)N1C(=O)OC1(C)C. The molecule has 3 atom stereocenters. The molecule has 0 radical (unpaired) electrons. The number of cyclic esters (lactones) is 1. The summed E-state index contributed by atoms with van der Waals surface area (Å²) in [6, 6.07) is 1.23. The lowest BCUT2D eigenvalue weighted by Gasteiger charge is -2.53. The molecular formula is C14H21N3O3. The van der Waals surface area contributed by atoms with Crippen LogP contribution >= 0.6 is 0 Å². The molecule has 2 aliphatic rings. The summed E-state index contributed by atoms with van der Waals surface area (Å²) in [4.78, 5) is 27.5. The third-order valence-electron chi connectivity index (χ3n) is 4.06. The van der Waals surface area contributed by atoms with Gasteiger partial charge < -0.3 is 9.64 Å². The number of nitrogens with zero attached hydrogens (tertiary/aromatic N) is 3. The number of ether oxygens (including phenoxy) is 1. The molecule has 6 nitrogen and oxygen atoms in total. The van der Waals surface area contributed by atoms with Crippen molar-refractivity contribution in [2.24, 2.45) is 5.92 Å². The van der Waals surface area contributed by atoms with Gasteiger partial charge >= 0.3 is 6.09 Å². The molecular weight excluding hydrogens is 258 g/mol. The Bertz CT molecular complexity index is 481. The molecule has 0 aromatic carbocycles. The Balaban J connectivity index is 2.24. The number of amides is 2. The van der Waals surface area contributed by atoms with Crippen LogP contribution in [0.1, 0.15) is 41.0 Å². The second kappa shape index (κ2) is 4.65. The molecule has 2 aliphatic heterocycles. The van der Waals surface area contributed by atoms with Gasteiger partial charge in [-0.05, 0) is 26.7 Å². The topological polar surface area (TPSA) is 73.6 Å². The van der Waals surface area contributed by atoms with Crippen LogP contribution in [0.15, 0.2) is 0 Å². The maximum absolute atomic E-state index is 12.7. The normalized spacial score (nSPS) is 29.1. The molecule has 0 saturated carbocycles. The number of hydrogen-bond acceptors (Lipinski definition) is 4. The Morgan fingerprint density at radius 3 is 2.45 bits per heavy atom. The smallest absolute Gasteiger partial charge is 0.415 e. The average Bonchev–Trinajstić information content (AvgIpc) is 2.31. The van der Waals surface area contributed by atoms with Crippen LogP contribution in [0.3, 0.4) is 0 Å². The first kappa shape index (κ1) is 14.6. The van der Waals surface area contributed by atoms with E-state index in [1.54, 1.807) is 18.7 Å². The lowest BCUT2D eigenvalue weighted by Crippen LogP contribution is -2.72. The molecule has 0 bridgehead atoms. The van der Waals surface area contributed by atoms with Crippen molar-refractivity contribution >= 4 is 12.0 Å². The summed E-state index contributed by atoms with van der Waals surface area (Å²) >= 11 is 0. The van der Waals surface area contributed by atoms with Crippen LogP contribution in [0.2, 0.25) is 0 Å². The van der Waals surface area contributed by atoms with Crippen LogP contribution in [0, 0.1) is 17.2 Å². The van der Waals surface area contributed by atoms with Gasteiger partial charge in [-0.15, -0.1) is 0 Å². The molecule has 2 heterocycles. The van der Waals surface area contributed by atoms with Gasteiger partial charge in [-0.2, -0.15) is 5.26 Å². The monoisotopic (exact) mass is 279 g/mol. The summed E-state index contributed by atoms with van der Waals surface area (Å²) in [5.74, 6) is -0.197. The van der Waals surface area contributed by atoms with Gasteiger partial charge in [-0.25, -0.2) is 4.79 Å². The van der Waals surface area contributed by atoms with Gasteiger partial charge in [0.25, 0.3) is 0 Å². The fourth-order valence-electron chi connectivity index (χ4n) is 2.99.